The number of para-hydroxylation sites is 1. The highest BCUT2D eigenvalue weighted by Crippen LogP contribution is 2.41. The number of rotatable bonds is 7. The molecule has 36 heavy (non-hydrogen) atoms. The van der Waals surface area contributed by atoms with E-state index in [4.69, 9.17) is 9.47 Å². The number of esters is 1. The van der Waals surface area contributed by atoms with Crippen LogP contribution in [0.15, 0.2) is 78.6 Å². The Morgan fingerprint density at radius 1 is 1.06 bits per heavy atom. The summed E-state index contributed by atoms with van der Waals surface area (Å²) in [7, 11) is 1.46. The molecular weight excluding hydrogens is 460 g/mol. The lowest BCUT2D eigenvalue weighted by Crippen LogP contribution is -2.29. The molecule has 0 aliphatic carbocycles. The number of aliphatic hydroxyl groups is 1. The second kappa shape index (κ2) is 10.4. The van der Waals surface area contributed by atoms with Crippen molar-refractivity contribution in [1.82, 2.24) is 9.88 Å². The van der Waals surface area contributed by atoms with Crippen molar-refractivity contribution in [3.8, 4) is 5.75 Å². The number of likely N-dealkylation sites (tertiary alicyclic amines) is 1. The minimum absolute atomic E-state index is 0.0466. The largest absolute Gasteiger partial charge is 0.507 e. The summed E-state index contributed by atoms with van der Waals surface area (Å²) in [6.45, 7) is 3.62. The number of aliphatic hydroxyl groups excluding tert-OH is 1. The number of carbonyl (C=O) groups is 3. The van der Waals surface area contributed by atoms with Crippen molar-refractivity contribution in [1.29, 1.82) is 0 Å². The summed E-state index contributed by atoms with van der Waals surface area (Å²) in [6, 6.07) is 16.0. The SMILES string of the molecule is COc1ccccc1/C(O)=C1\C(=O)C(=O)N(Cc2ccc(C(=O)OC(C)C)cc2)C1c1cccnc1. The Kier molecular flexibility index (Phi) is 7.15. The maximum Gasteiger partial charge on any atom is 0.338 e. The fourth-order valence-electron chi connectivity index (χ4n) is 4.14. The molecule has 0 radical (unpaired) electrons. The Labute approximate surface area is 208 Å². The van der Waals surface area contributed by atoms with E-state index in [-0.39, 0.29) is 24.0 Å². The lowest BCUT2D eigenvalue weighted by molar-refractivity contribution is -0.140. The minimum Gasteiger partial charge on any atom is -0.507 e. The quantitative estimate of drug-likeness (QED) is 0.230. The standard InChI is InChI=1S/C28H26N2O6/c1-17(2)36-28(34)19-12-10-18(11-13-19)16-30-24(20-7-6-14-29-15-20)23(26(32)27(30)33)25(31)21-8-4-5-9-22(21)35-3/h4-15,17,24,31H,16H2,1-3H3/b25-23+. The van der Waals surface area contributed by atoms with Crippen LogP contribution in [0.3, 0.4) is 0 Å². The van der Waals surface area contributed by atoms with E-state index < -0.39 is 23.7 Å². The maximum absolute atomic E-state index is 13.2. The van der Waals surface area contributed by atoms with E-state index in [1.165, 1.54) is 12.0 Å². The zero-order valence-corrected chi connectivity index (χ0v) is 20.2. The summed E-state index contributed by atoms with van der Waals surface area (Å²) in [5.74, 6) is -1.94. The number of pyridine rings is 1. The monoisotopic (exact) mass is 486 g/mol. The van der Waals surface area contributed by atoms with E-state index in [1.807, 2.05) is 0 Å². The first-order valence-corrected chi connectivity index (χ1v) is 11.4. The van der Waals surface area contributed by atoms with Crippen molar-refractivity contribution in [2.24, 2.45) is 0 Å². The summed E-state index contributed by atoms with van der Waals surface area (Å²) in [6.07, 6.45) is 2.90. The Hall–Kier alpha value is -4.46. The highest BCUT2D eigenvalue weighted by molar-refractivity contribution is 6.46. The van der Waals surface area contributed by atoms with Crippen LogP contribution < -0.4 is 4.74 Å². The van der Waals surface area contributed by atoms with Gasteiger partial charge in [0.05, 0.1) is 36.0 Å². The second-order valence-corrected chi connectivity index (χ2v) is 8.56. The van der Waals surface area contributed by atoms with Crippen LogP contribution in [-0.4, -0.2) is 45.9 Å². The van der Waals surface area contributed by atoms with Crippen LogP contribution in [0.2, 0.25) is 0 Å². The minimum atomic E-state index is -0.866. The van der Waals surface area contributed by atoms with Crippen molar-refractivity contribution in [3.05, 3.63) is 101 Å². The predicted octanol–water partition coefficient (Wildman–Crippen LogP) is 4.28. The molecule has 8 nitrogen and oxygen atoms in total. The first kappa shape index (κ1) is 24.7. The summed E-state index contributed by atoms with van der Waals surface area (Å²) in [4.78, 5) is 44.1. The summed E-state index contributed by atoms with van der Waals surface area (Å²) in [5.41, 5.74) is 1.92. The molecule has 0 bridgehead atoms. The smallest absolute Gasteiger partial charge is 0.338 e. The molecule has 1 amide bonds. The van der Waals surface area contributed by atoms with Gasteiger partial charge in [-0.25, -0.2) is 4.79 Å². The van der Waals surface area contributed by atoms with Crippen molar-refractivity contribution >= 4 is 23.4 Å². The number of amides is 1. The Balaban J connectivity index is 1.75. The lowest BCUT2D eigenvalue weighted by atomic mass is 9.96. The van der Waals surface area contributed by atoms with Gasteiger partial charge in [-0.2, -0.15) is 0 Å². The predicted molar refractivity (Wildman–Crippen MR) is 132 cm³/mol. The molecule has 1 aliphatic heterocycles. The van der Waals surface area contributed by atoms with Crippen LogP contribution >= 0.6 is 0 Å². The van der Waals surface area contributed by atoms with Crippen LogP contribution in [0.5, 0.6) is 5.75 Å². The van der Waals surface area contributed by atoms with Gasteiger partial charge in [-0.15, -0.1) is 0 Å². The molecule has 1 fully saturated rings. The van der Waals surface area contributed by atoms with Gasteiger partial charge >= 0.3 is 5.97 Å². The number of carbonyl (C=O) groups excluding carboxylic acids is 3. The third kappa shape index (κ3) is 4.84. The maximum atomic E-state index is 13.2. The van der Waals surface area contributed by atoms with E-state index >= 15 is 0 Å². The van der Waals surface area contributed by atoms with Gasteiger partial charge in [0.1, 0.15) is 11.5 Å². The highest BCUT2D eigenvalue weighted by Gasteiger charge is 2.46. The van der Waals surface area contributed by atoms with Gasteiger partial charge in [0, 0.05) is 18.9 Å². The molecule has 0 spiro atoms. The van der Waals surface area contributed by atoms with Crippen LogP contribution in [0.1, 0.15) is 46.9 Å². The van der Waals surface area contributed by atoms with E-state index in [0.717, 1.165) is 0 Å². The first-order chi connectivity index (χ1) is 17.3. The number of nitrogens with zero attached hydrogens (tertiary/aromatic N) is 2. The van der Waals surface area contributed by atoms with Gasteiger partial charge in [-0.1, -0.05) is 30.3 Å². The highest BCUT2D eigenvalue weighted by atomic mass is 16.5. The van der Waals surface area contributed by atoms with Crippen molar-refractivity contribution in [2.75, 3.05) is 7.11 Å². The topological polar surface area (TPSA) is 106 Å². The molecule has 2 aromatic carbocycles. The number of aromatic nitrogens is 1. The zero-order chi connectivity index (χ0) is 25.8. The molecule has 2 heterocycles. The van der Waals surface area contributed by atoms with E-state index in [1.54, 1.807) is 86.9 Å². The fraction of sp³-hybridized carbons (Fsp3) is 0.214. The molecule has 1 aliphatic rings. The molecule has 3 aromatic rings. The second-order valence-electron chi connectivity index (χ2n) is 8.56. The summed E-state index contributed by atoms with van der Waals surface area (Å²) in [5, 5.41) is 11.2. The number of hydrogen-bond donors (Lipinski definition) is 1. The molecule has 0 saturated carbocycles. The molecule has 184 valence electrons. The zero-order valence-electron chi connectivity index (χ0n) is 20.2. The molecule has 8 heteroatoms. The Morgan fingerprint density at radius 3 is 2.42 bits per heavy atom. The molecule has 1 aromatic heterocycles. The summed E-state index contributed by atoms with van der Waals surface area (Å²) >= 11 is 0. The molecule has 1 N–H and O–H groups in total. The van der Waals surface area contributed by atoms with Crippen molar-refractivity contribution in [3.63, 3.8) is 0 Å². The molecule has 1 atom stereocenters. The fourth-order valence-corrected chi connectivity index (χ4v) is 4.14. The average molecular weight is 487 g/mol. The average Bonchev–Trinajstić information content (AvgIpc) is 3.13. The number of methoxy groups -OCH3 is 1. The lowest BCUT2D eigenvalue weighted by Gasteiger charge is -2.25. The number of Topliss-reactive ketones (excluding diaryl/α,β-unsaturated/α-hetero) is 1. The number of ether oxygens (including phenoxy) is 2. The van der Waals surface area contributed by atoms with Gasteiger partial charge in [-0.05, 0) is 55.3 Å². The molecule has 1 saturated heterocycles. The van der Waals surface area contributed by atoms with E-state index in [9.17, 15) is 19.5 Å². The Bertz CT molecular complexity index is 1320. The first-order valence-electron chi connectivity index (χ1n) is 11.4. The van der Waals surface area contributed by atoms with Crippen LogP contribution in [0.25, 0.3) is 5.76 Å². The molecule has 1 unspecified atom stereocenters. The third-order valence-corrected chi connectivity index (χ3v) is 5.79. The molecular formula is C28H26N2O6. The van der Waals surface area contributed by atoms with E-state index in [2.05, 4.69) is 4.98 Å². The summed E-state index contributed by atoms with van der Waals surface area (Å²) < 4.78 is 10.6. The molecule has 4 rings (SSSR count). The third-order valence-electron chi connectivity index (χ3n) is 5.79. The number of hydrogen-bond acceptors (Lipinski definition) is 7. The van der Waals surface area contributed by atoms with Gasteiger partial charge in [0.25, 0.3) is 11.7 Å². The van der Waals surface area contributed by atoms with Gasteiger partial charge < -0.3 is 19.5 Å². The van der Waals surface area contributed by atoms with Crippen LogP contribution in [0.4, 0.5) is 0 Å². The van der Waals surface area contributed by atoms with Crippen molar-refractivity contribution < 1.29 is 29.0 Å². The number of ketones is 1. The normalized spacial score (nSPS) is 16.9. The van der Waals surface area contributed by atoms with Crippen molar-refractivity contribution in [2.45, 2.75) is 32.5 Å². The van der Waals surface area contributed by atoms with Crippen LogP contribution in [0, 0.1) is 0 Å². The number of benzene rings is 2. The Morgan fingerprint density at radius 2 is 1.78 bits per heavy atom. The van der Waals surface area contributed by atoms with E-state index in [0.29, 0.717) is 28.0 Å². The van der Waals surface area contributed by atoms with Gasteiger partial charge in [0.2, 0.25) is 0 Å². The van der Waals surface area contributed by atoms with Gasteiger partial charge in [0.15, 0.2) is 0 Å². The van der Waals surface area contributed by atoms with Crippen LogP contribution in [-0.2, 0) is 20.9 Å². The van der Waals surface area contributed by atoms with Gasteiger partial charge in [-0.3, -0.25) is 14.6 Å².